The number of nitrogens with one attached hydrogen (secondary N) is 1. The third-order valence-electron chi connectivity index (χ3n) is 4.26. The van der Waals surface area contributed by atoms with Gasteiger partial charge in [0.05, 0.1) is 5.52 Å². The number of likely N-dealkylation sites (N-methyl/N-ethyl adjacent to an activating group) is 2. The highest BCUT2D eigenvalue weighted by atomic mass is 16.2. The molecule has 0 bridgehead atoms. The fourth-order valence-corrected chi connectivity index (χ4v) is 2.98. The molecule has 0 spiro atoms. The molecule has 1 aromatic heterocycles. The Morgan fingerprint density at radius 2 is 2.33 bits per heavy atom. The largest absolute Gasteiger partial charge is 0.399 e. The zero-order valence-electron chi connectivity index (χ0n) is 12.5. The lowest BCUT2D eigenvalue weighted by Crippen LogP contribution is -2.47. The molecule has 1 fully saturated rings. The van der Waals surface area contributed by atoms with Gasteiger partial charge in [-0.05, 0) is 44.6 Å². The lowest BCUT2D eigenvalue weighted by atomic mass is 10.0. The molecule has 6 heteroatoms. The number of nitrogens with two attached hydrogens (primary N) is 1. The highest BCUT2D eigenvalue weighted by molar-refractivity contribution is 6.05. The highest BCUT2D eigenvalue weighted by Crippen LogP contribution is 2.22. The van der Waals surface area contributed by atoms with Gasteiger partial charge >= 0.3 is 0 Å². The summed E-state index contributed by atoms with van der Waals surface area (Å²) in [7, 11) is 3.95. The van der Waals surface area contributed by atoms with E-state index in [1.165, 1.54) is 0 Å². The van der Waals surface area contributed by atoms with Crippen molar-refractivity contribution in [3.63, 3.8) is 0 Å². The molecule has 1 unspecified atom stereocenters. The van der Waals surface area contributed by atoms with Gasteiger partial charge in [-0.1, -0.05) is 0 Å². The van der Waals surface area contributed by atoms with Crippen LogP contribution in [0.15, 0.2) is 18.2 Å². The number of nitrogen functional groups attached to an aromatic ring is 1. The van der Waals surface area contributed by atoms with Crippen molar-refractivity contribution in [2.75, 3.05) is 32.9 Å². The minimum atomic E-state index is -0.0489. The zero-order valence-corrected chi connectivity index (χ0v) is 12.5. The van der Waals surface area contributed by atoms with Crippen LogP contribution in [0.1, 0.15) is 23.3 Å². The molecule has 112 valence electrons. The van der Waals surface area contributed by atoms with E-state index in [-0.39, 0.29) is 11.9 Å². The van der Waals surface area contributed by atoms with Gasteiger partial charge in [0.25, 0.3) is 5.91 Å². The van der Waals surface area contributed by atoms with E-state index in [0.717, 1.165) is 36.8 Å². The van der Waals surface area contributed by atoms with Gasteiger partial charge in [-0.15, -0.1) is 0 Å². The first kappa shape index (κ1) is 13.9. The second-order valence-electron chi connectivity index (χ2n) is 5.85. The molecular formula is C15H21N5O. The number of likely N-dealkylation sites (tertiary alicyclic amines) is 1. The second-order valence-corrected chi connectivity index (χ2v) is 5.85. The van der Waals surface area contributed by atoms with Gasteiger partial charge in [0.1, 0.15) is 0 Å². The maximum atomic E-state index is 12.7. The number of hydrogen-bond donors (Lipinski definition) is 2. The van der Waals surface area contributed by atoms with Gasteiger partial charge in [0.15, 0.2) is 5.69 Å². The first-order valence-corrected chi connectivity index (χ1v) is 7.25. The average Bonchev–Trinajstić information content (AvgIpc) is 2.88. The van der Waals surface area contributed by atoms with Gasteiger partial charge in [-0.25, -0.2) is 0 Å². The molecule has 0 aliphatic carbocycles. The van der Waals surface area contributed by atoms with Crippen molar-refractivity contribution < 1.29 is 4.79 Å². The number of fused-ring (bicyclic) bond motifs is 1. The molecule has 6 nitrogen and oxygen atoms in total. The van der Waals surface area contributed by atoms with Crippen LogP contribution in [0.3, 0.4) is 0 Å². The van der Waals surface area contributed by atoms with Crippen LogP contribution < -0.4 is 5.73 Å². The van der Waals surface area contributed by atoms with Crippen LogP contribution in [0.2, 0.25) is 0 Å². The fourth-order valence-electron chi connectivity index (χ4n) is 2.98. The summed E-state index contributed by atoms with van der Waals surface area (Å²) in [5.74, 6) is -0.0489. The van der Waals surface area contributed by atoms with Crippen molar-refractivity contribution >= 4 is 22.5 Å². The molecule has 21 heavy (non-hydrogen) atoms. The van der Waals surface area contributed by atoms with Crippen molar-refractivity contribution in [3.8, 4) is 0 Å². The van der Waals surface area contributed by atoms with E-state index in [9.17, 15) is 4.79 Å². The van der Waals surface area contributed by atoms with Gasteiger partial charge in [-0.2, -0.15) is 5.10 Å². The minimum Gasteiger partial charge on any atom is -0.399 e. The third-order valence-corrected chi connectivity index (χ3v) is 4.26. The molecule has 1 amide bonds. The zero-order chi connectivity index (χ0) is 15.0. The summed E-state index contributed by atoms with van der Waals surface area (Å²) in [6, 6.07) is 5.69. The number of aromatic nitrogens is 2. The minimum absolute atomic E-state index is 0.0489. The molecule has 2 heterocycles. The monoisotopic (exact) mass is 287 g/mol. The number of carbonyl (C=O) groups excluding carboxylic acids is 1. The Morgan fingerprint density at radius 3 is 3.10 bits per heavy atom. The molecule has 0 saturated carbocycles. The van der Waals surface area contributed by atoms with Crippen molar-refractivity contribution in [2.45, 2.75) is 18.9 Å². The van der Waals surface area contributed by atoms with E-state index >= 15 is 0 Å². The Morgan fingerprint density at radius 1 is 1.52 bits per heavy atom. The summed E-state index contributed by atoms with van der Waals surface area (Å²) in [6.45, 7) is 2.01. The van der Waals surface area contributed by atoms with Gasteiger partial charge in [-0.3, -0.25) is 9.89 Å². The number of benzene rings is 1. The van der Waals surface area contributed by atoms with Crippen LogP contribution in [0, 0.1) is 0 Å². The van der Waals surface area contributed by atoms with Crippen LogP contribution in [0.5, 0.6) is 0 Å². The van der Waals surface area contributed by atoms with E-state index in [0.29, 0.717) is 11.4 Å². The third kappa shape index (κ3) is 2.58. The summed E-state index contributed by atoms with van der Waals surface area (Å²) in [4.78, 5) is 16.8. The molecular weight excluding hydrogens is 266 g/mol. The molecule has 1 aliphatic rings. The Bertz CT molecular complexity index is 665. The van der Waals surface area contributed by atoms with Crippen LogP contribution >= 0.6 is 0 Å². The number of rotatable bonds is 2. The molecule has 2 aromatic rings. The predicted molar refractivity (Wildman–Crippen MR) is 83.1 cm³/mol. The molecule has 3 N–H and O–H groups in total. The van der Waals surface area contributed by atoms with E-state index < -0.39 is 0 Å². The molecule has 0 radical (unpaired) electrons. The number of hydrogen-bond acceptors (Lipinski definition) is 4. The second kappa shape index (κ2) is 5.37. The SMILES string of the molecule is CN1CCCC(N(C)C(=O)c2n[nH]c3ccc(N)cc23)C1. The smallest absolute Gasteiger partial charge is 0.275 e. The Labute approximate surface area is 123 Å². The molecule has 1 atom stereocenters. The van der Waals surface area contributed by atoms with E-state index in [1.54, 1.807) is 12.1 Å². The van der Waals surface area contributed by atoms with Gasteiger partial charge < -0.3 is 15.5 Å². The van der Waals surface area contributed by atoms with Crippen molar-refractivity contribution in [1.29, 1.82) is 0 Å². The lowest BCUT2D eigenvalue weighted by molar-refractivity contribution is 0.0640. The first-order chi connectivity index (χ1) is 10.1. The average molecular weight is 287 g/mol. The topological polar surface area (TPSA) is 78.2 Å². The molecule has 1 aliphatic heterocycles. The molecule has 1 aromatic carbocycles. The van der Waals surface area contributed by atoms with E-state index in [4.69, 9.17) is 5.73 Å². The summed E-state index contributed by atoms with van der Waals surface area (Å²) in [5.41, 5.74) is 7.74. The summed E-state index contributed by atoms with van der Waals surface area (Å²) < 4.78 is 0. The van der Waals surface area contributed by atoms with Crippen LogP contribution in [0.25, 0.3) is 10.9 Å². The van der Waals surface area contributed by atoms with Crippen molar-refractivity contribution in [2.24, 2.45) is 0 Å². The number of amides is 1. The number of nitrogens with zero attached hydrogens (tertiary/aromatic N) is 3. The van der Waals surface area contributed by atoms with Gasteiger partial charge in [0, 0.05) is 30.7 Å². The summed E-state index contributed by atoms with van der Waals surface area (Å²) >= 11 is 0. The molecule has 3 rings (SSSR count). The number of anilines is 1. The lowest BCUT2D eigenvalue weighted by Gasteiger charge is -2.35. The van der Waals surface area contributed by atoms with E-state index in [1.807, 2.05) is 18.0 Å². The quantitative estimate of drug-likeness (QED) is 0.816. The van der Waals surface area contributed by atoms with E-state index in [2.05, 4.69) is 22.1 Å². The number of aromatic amines is 1. The standard InChI is InChI=1S/C15H21N5O/c1-19-7-3-4-11(9-19)20(2)15(21)14-12-8-10(16)5-6-13(12)17-18-14/h5-6,8,11H,3-4,7,9,16H2,1-2H3,(H,17,18). The highest BCUT2D eigenvalue weighted by Gasteiger charge is 2.27. The Hall–Kier alpha value is -2.08. The predicted octanol–water partition coefficient (Wildman–Crippen LogP) is 1.31. The van der Waals surface area contributed by atoms with Crippen molar-refractivity contribution in [3.05, 3.63) is 23.9 Å². The van der Waals surface area contributed by atoms with Crippen LogP contribution in [-0.4, -0.2) is 59.1 Å². The van der Waals surface area contributed by atoms with Crippen molar-refractivity contribution in [1.82, 2.24) is 20.0 Å². The summed E-state index contributed by atoms with van der Waals surface area (Å²) in [6.07, 6.45) is 2.16. The number of carbonyl (C=O) groups is 1. The normalized spacial score (nSPS) is 19.8. The Kier molecular flexibility index (Phi) is 3.55. The maximum absolute atomic E-state index is 12.7. The number of piperidine rings is 1. The maximum Gasteiger partial charge on any atom is 0.275 e. The fraction of sp³-hybridized carbons (Fsp3) is 0.467. The summed E-state index contributed by atoms with van der Waals surface area (Å²) in [5, 5.41) is 7.87. The van der Waals surface area contributed by atoms with Gasteiger partial charge in [0.2, 0.25) is 0 Å². The van der Waals surface area contributed by atoms with Crippen LogP contribution in [0.4, 0.5) is 5.69 Å². The molecule has 1 saturated heterocycles. The Balaban J connectivity index is 1.87. The first-order valence-electron chi connectivity index (χ1n) is 7.25. The van der Waals surface area contributed by atoms with Crippen LogP contribution in [-0.2, 0) is 0 Å². The number of H-pyrrole nitrogens is 1.